The van der Waals surface area contributed by atoms with E-state index in [1.54, 1.807) is 6.92 Å². The fourth-order valence-corrected chi connectivity index (χ4v) is 2.43. The average molecular weight is 307 g/mol. The Morgan fingerprint density at radius 3 is 2.70 bits per heavy atom. The van der Waals surface area contributed by atoms with Gasteiger partial charge in [0.15, 0.2) is 0 Å². The third-order valence-electron chi connectivity index (χ3n) is 3.95. The van der Waals surface area contributed by atoms with Gasteiger partial charge in [-0.2, -0.15) is 0 Å². The van der Waals surface area contributed by atoms with Crippen LogP contribution in [0.1, 0.15) is 39.0 Å². The average Bonchev–Trinajstić information content (AvgIpc) is 3.27. The first-order valence-electron chi connectivity index (χ1n) is 7.44. The third kappa shape index (κ3) is 5.56. The number of hydrogen-bond acceptors (Lipinski definition) is 4. The number of nitrogens with two attached hydrogens (primary N) is 1. The Bertz CT molecular complexity index is 294. The van der Waals surface area contributed by atoms with Crippen molar-refractivity contribution in [2.45, 2.75) is 57.3 Å². The van der Waals surface area contributed by atoms with E-state index in [1.807, 2.05) is 0 Å². The maximum atomic E-state index is 12.0. The van der Waals surface area contributed by atoms with Gasteiger partial charge < -0.3 is 20.5 Å². The number of halogens is 1. The highest BCUT2D eigenvalue weighted by Crippen LogP contribution is 2.32. The Morgan fingerprint density at radius 2 is 2.15 bits per heavy atom. The Hall–Kier alpha value is -0.360. The van der Waals surface area contributed by atoms with Gasteiger partial charge in [0.1, 0.15) is 6.10 Å². The predicted molar refractivity (Wildman–Crippen MR) is 80.0 cm³/mol. The van der Waals surface area contributed by atoms with E-state index in [1.165, 1.54) is 19.3 Å². The first kappa shape index (κ1) is 17.7. The quantitative estimate of drug-likeness (QED) is 0.742. The summed E-state index contributed by atoms with van der Waals surface area (Å²) >= 11 is 0. The molecule has 1 heterocycles. The van der Waals surface area contributed by atoms with Crippen LogP contribution in [0.4, 0.5) is 0 Å². The maximum Gasteiger partial charge on any atom is 0.249 e. The van der Waals surface area contributed by atoms with Gasteiger partial charge in [0.05, 0.1) is 12.7 Å². The van der Waals surface area contributed by atoms with E-state index < -0.39 is 6.10 Å². The molecule has 0 spiro atoms. The fraction of sp³-hybridized carbons (Fsp3) is 0.929. The van der Waals surface area contributed by atoms with Crippen LogP contribution in [-0.4, -0.2) is 43.9 Å². The van der Waals surface area contributed by atoms with Crippen LogP contribution >= 0.6 is 12.4 Å². The van der Waals surface area contributed by atoms with E-state index in [9.17, 15) is 4.79 Å². The van der Waals surface area contributed by atoms with Crippen molar-refractivity contribution in [1.82, 2.24) is 5.32 Å². The lowest BCUT2D eigenvalue weighted by Gasteiger charge is -2.24. The normalized spacial score (nSPS) is 25.4. The van der Waals surface area contributed by atoms with Gasteiger partial charge in [0.2, 0.25) is 5.91 Å². The summed E-state index contributed by atoms with van der Waals surface area (Å²) in [5.41, 5.74) is 5.68. The summed E-state index contributed by atoms with van der Waals surface area (Å²) in [5, 5.41) is 2.99. The van der Waals surface area contributed by atoms with E-state index in [4.69, 9.17) is 15.2 Å². The van der Waals surface area contributed by atoms with Crippen LogP contribution in [0.3, 0.4) is 0 Å². The number of ether oxygens (including phenoxy) is 2. The molecular weight excluding hydrogens is 280 g/mol. The lowest BCUT2D eigenvalue weighted by molar-refractivity contribution is -0.136. The Balaban J connectivity index is 0.00000200. The van der Waals surface area contributed by atoms with Crippen molar-refractivity contribution in [2.75, 3.05) is 19.8 Å². The first-order valence-corrected chi connectivity index (χ1v) is 7.44. The van der Waals surface area contributed by atoms with Crippen molar-refractivity contribution in [3.63, 3.8) is 0 Å². The van der Waals surface area contributed by atoms with E-state index in [0.717, 1.165) is 19.4 Å². The Morgan fingerprint density at radius 1 is 1.40 bits per heavy atom. The van der Waals surface area contributed by atoms with Crippen molar-refractivity contribution in [1.29, 1.82) is 0 Å². The fourth-order valence-electron chi connectivity index (χ4n) is 2.43. The number of carbonyl (C=O) groups is 1. The van der Waals surface area contributed by atoms with E-state index in [-0.39, 0.29) is 30.5 Å². The summed E-state index contributed by atoms with van der Waals surface area (Å²) in [6.07, 6.45) is 5.41. The molecule has 0 aromatic heterocycles. The maximum absolute atomic E-state index is 12.0. The Kier molecular flexibility index (Phi) is 7.80. The molecule has 3 N–H and O–H groups in total. The minimum absolute atomic E-state index is 0. The smallest absolute Gasteiger partial charge is 0.249 e. The zero-order chi connectivity index (χ0) is 13.7. The van der Waals surface area contributed by atoms with Crippen LogP contribution in [0.5, 0.6) is 0 Å². The van der Waals surface area contributed by atoms with Gasteiger partial charge >= 0.3 is 0 Å². The molecule has 2 fully saturated rings. The zero-order valence-corrected chi connectivity index (χ0v) is 13.0. The molecule has 0 bridgehead atoms. The van der Waals surface area contributed by atoms with Gasteiger partial charge in [-0.25, -0.2) is 0 Å². The zero-order valence-electron chi connectivity index (χ0n) is 12.2. The molecular formula is C14H27ClN2O3. The Labute approximate surface area is 127 Å². The van der Waals surface area contributed by atoms with Crippen LogP contribution in [0.2, 0.25) is 0 Å². The second-order valence-corrected chi connectivity index (χ2v) is 5.65. The van der Waals surface area contributed by atoms with Gasteiger partial charge in [0, 0.05) is 19.2 Å². The summed E-state index contributed by atoms with van der Waals surface area (Å²) < 4.78 is 11.2. The molecule has 0 aromatic rings. The van der Waals surface area contributed by atoms with Crippen molar-refractivity contribution in [3.8, 4) is 0 Å². The molecule has 118 valence electrons. The highest BCUT2D eigenvalue weighted by atomic mass is 35.5. The van der Waals surface area contributed by atoms with Crippen LogP contribution in [0.15, 0.2) is 0 Å². The standard InChI is InChI=1S/C14H26N2O3.ClH/c1-10(19-9-12-4-2-3-7-18-12)14(17)16-13(8-15)11-5-6-11;/h10-13H,2-9,15H2,1H3,(H,16,17);1H. The number of carbonyl (C=O) groups excluding carboxylic acids is 1. The molecule has 6 heteroatoms. The molecule has 1 saturated heterocycles. The second kappa shape index (κ2) is 8.82. The van der Waals surface area contributed by atoms with Crippen LogP contribution in [0.25, 0.3) is 0 Å². The molecule has 1 saturated carbocycles. The largest absolute Gasteiger partial charge is 0.376 e. The lowest BCUT2D eigenvalue weighted by Crippen LogP contribution is -2.46. The van der Waals surface area contributed by atoms with Gasteiger partial charge in [-0.3, -0.25) is 4.79 Å². The summed E-state index contributed by atoms with van der Waals surface area (Å²) in [5.74, 6) is 0.515. The molecule has 1 aliphatic carbocycles. The topological polar surface area (TPSA) is 73.6 Å². The van der Waals surface area contributed by atoms with Gasteiger partial charge in [-0.1, -0.05) is 0 Å². The number of rotatable bonds is 7. The molecule has 3 atom stereocenters. The lowest BCUT2D eigenvalue weighted by atomic mass is 10.1. The molecule has 5 nitrogen and oxygen atoms in total. The summed E-state index contributed by atoms with van der Waals surface area (Å²) in [4.78, 5) is 12.0. The minimum Gasteiger partial charge on any atom is -0.376 e. The molecule has 2 rings (SSSR count). The van der Waals surface area contributed by atoms with Crippen molar-refractivity contribution in [2.24, 2.45) is 11.7 Å². The van der Waals surface area contributed by atoms with Gasteiger partial charge in [-0.15, -0.1) is 12.4 Å². The second-order valence-electron chi connectivity index (χ2n) is 5.65. The van der Waals surface area contributed by atoms with E-state index >= 15 is 0 Å². The molecule has 1 aliphatic heterocycles. The van der Waals surface area contributed by atoms with Gasteiger partial charge in [-0.05, 0) is 44.9 Å². The summed E-state index contributed by atoms with van der Waals surface area (Å²) in [7, 11) is 0. The van der Waals surface area contributed by atoms with Crippen LogP contribution in [0, 0.1) is 5.92 Å². The molecule has 2 aliphatic rings. The van der Waals surface area contributed by atoms with Crippen molar-refractivity contribution in [3.05, 3.63) is 0 Å². The van der Waals surface area contributed by atoms with E-state index in [2.05, 4.69) is 5.32 Å². The number of hydrogen-bond donors (Lipinski definition) is 2. The molecule has 1 amide bonds. The van der Waals surface area contributed by atoms with Crippen molar-refractivity contribution >= 4 is 18.3 Å². The first-order chi connectivity index (χ1) is 9.20. The van der Waals surface area contributed by atoms with Crippen LogP contribution in [-0.2, 0) is 14.3 Å². The number of amides is 1. The molecule has 20 heavy (non-hydrogen) atoms. The minimum atomic E-state index is -0.432. The SMILES string of the molecule is CC(OCC1CCCCO1)C(=O)NC(CN)C1CC1.Cl. The molecule has 3 unspecified atom stereocenters. The van der Waals surface area contributed by atoms with Crippen molar-refractivity contribution < 1.29 is 14.3 Å². The van der Waals surface area contributed by atoms with Crippen LogP contribution < -0.4 is 11.1 Å². The highest BCUT2D eigenvalue weighted by molar-refractivity contribution is 5.85. The van der Waals surface area contributed by atoms with Gasteiger partial charge in [0.25, 0.3) is 0 Å². The highest BCUT2D eigenvalue weighted by Gasteiger charge is 2.32. The monoisotopic (exact) mass is 306 g/mol. The third-order valence-corrected chi connectivity index (χ3v) is 3.95. The summed E-state index contributed by atoms with van der Waals surface area (Å²) in [6, 6.07) is 0.115. The van der Waals surface area contributed by atoms with E-state index in [0.29, 0.717) is 19.1 Å². The molecule has 0 radical (unpaired) electrons. The molecule has 0 aromatic carbocycles. The number of nitrogens with one attached hydrogen (secondary N) is 1. The predicted octanol–water partition coefficient (Wildman–Crippen LogP) is 1.24. The summed E-state index contributed by atoms with van der Waals surface area (Å²) in [6.45, 7) is 3.62.